The van der Waals surface area contributed by atoms with Crippen molar-refractivity contribution < 1.29 is 10.2 Å². The second-order valence-corrected chi connectivity index (χ2v) is 13.2. The van der Waals surface area contributed by atoms with Crippen LogP contribution in [0.25, 0.3) is 0 Å². The lowest BCUT2D eigenvalue weighted by atomic mass is 9.43. The van der Waals surface area contributed by atoms with E-state index in [1.807, 2.05) is 13.8 Å². The SMILES string of the molecule is C[C@H](CCCC(C)(C)O)[C@H]1CC[C@H]2[C@@H]3CC[C@H]4C(C#N)[C@@H](O)CC[C@]4(C)[C@H]3CC[C@]12C. The Morgan fingerprint density at radius 2 is 1.61 bits per heavy atom. The van der Waals surface area contributed by atoms with Crippen LogP contribution in [0.5, 0.6) is 0 Å². The van der Waals surface area contributed by atoms with Gasteiger partial charge in [-0.2, -0.15) is 5.26 Å². The van der Waals surface area contributed by atoms with E-state index < -0.39 is 11.7 Å². The van der Waals surface area contributed by atoms with Gasteiger partial charge in [0.05, 0.1) is 23.7 Å². The van der Waals surface area contributed by atoms with Crippen molar-refractivity contribution in [1.82, 2.24) is 0 Å². The van der Waals surface area contributed by atoms with Crippen LogP contribution in [0.2, 0.25) is 0 Å². The fourth-order valence-electron chi connectivity index (χ4n) is 9.56. The lowest BCUT2D eigenvalue weighted by Gasteiger charge is -2.62. The molecular formula is C28H47NO2. The molecular weight excluding hydrogens is 382 g/mol. The smallest absolute Gasteiger partial charge is 0.0756 e. The first kappa shape index (κ1) is 23.6. The summed E-state index contributed by atoms with van der Waals surface area (Å²) in [4.78, 5) is 0. The van der Waals surface area contributed by atoms with Crippen LogP contribution < -0.4 is 0 Å². The van der Waals surface area contributed by atoms with Gasteiger partial charge in [0, 0.05) is 0 Å². The number of aliphatic hydroxyl groups is 2. The van der Waals surface area contributed by atoms with Gasteiger partial charge in [0.2, 0.25) is 0 Å². The first-order chi connectivity index (χ1) is 14.5. The minimum absolute atomic E-state index is 0.153. The molecule has 0 radical (unpaired) electrons. The third-order valence-corrected chi connectivity index (χ3v) is 11.1. The minimum Gasteiger partial charge on any atom is -0.392 e. The zero-order valence-corrected chi connectivity index (χ0v) is 20.7. The van der Waals surface area contributed by atoms with Gasteiger partial charge in [0.1, 0.15) is 0 Å². The van der Waals surface area contributed by atoms with Crippen molar-refractivity contribution in [2.24, 2.45) is 52.3 Å². The van der Waals surface area contributed by atoms with Crippen molar-refractivity contribution in [3.63, 3.8) is 0 Å². The van der Waals surface area contributed by atoms with Gasteiger partial charge in [-0.3, -0.25) is 0 Å². The van der Waals surface area contributed by atoms with Crippen molar-refractivity contribution in [3.8, 4) is 6.07 Å². The lowest BCUT2D eigenvalue weighted by molar-refractivity contribution is -0.142. The highest BCUT2D eigenvalue weighted by atomic mass is 16.3. The molecule has 0 bridgehead atoms. The van der Waals surface area contributed by atoms with Crippen molar-refractivity contribution in [1.29, 1.82) is 5.26 Å². The van der Waals surface area contributed by atoms with Crippen LogP contribution in [0.1, 0.15) is 105 Å². The van der Waals surface area contributed by atoms with Gasteiger partial charge in [0.15, 0.2) is 0 Å². The van der Waals surface area contributed by atoms with E-state index in [4.69, 9.17) is 0 Å². The van der Waals surface area contributed by atoms with Gasteiger partial charge in [0.25, 0.3) is 0 Å². The van der Waals surface area contributed by atoms with Crippen LogP contribution in [0.4, 0.5) is 0 Å². The lowest BCUT2D eigenvalue weighted by Crippen LogP contribution is -2.56. The molecule has 0 amide bonds. The Morgan fingerprint density at radius 3 is 2.29 bits per heavy atom. The summed E-state index contributed by atoms with van der Waals surface area (Å²) in [5, 5.41) is 30.4. The number of nitriles is 1. The van der Waals surface area contributed by atoms with E-state index in [1.54, 1.807) is 0 Å². The Balaban J connectivity index is 1.48. The zero-order chi connectivity index (χ0) is 22.6. The summed E-state index contributed by atoms with van der Waals surface area (Å²) in [5.41, 5.74) is 0.185. The molecule has 0 aromatic rings. The zero-order valence-electron chi connectivity index (χ0n) is 20.7. The van der Waals surface area contributed by atoms with E-state index in [-0.39, 0.29) is 11.3 Å². The van der Waals surface area contributed by atoms with Gasteiger partial charge in [-0.1, -0.05) is 33.6 Å². The number of nitrogens with zero attached hydrogens (tertiary/aromatic N) is 1. The second kappa shape index (κ2) is 8.32. The normalized spacial score (nSPS) is 48.3. The highest BCUT2D eigenvalue weighted by Crippen LogP contribution is 2.68. The highest BCUT2D eigenvalue weighted by Gasteiger charge is 2.62. The number of fused-ring (bicyclic) bond motifs is 5. The number of rotatable bonds is 5. The summed E-state index contributed by atoms with van der Waals surface area (Å²) < 4.78 is 0. The van der Waals surface area contributed by atoms with Gasteiger partial charge in [-0.05, 0) is 118 Å². The largest absolute Gasteiger partial charge is 0.392 e. The van der Waals surface area contributed by atoms with E-state index in [0.29, 0.717) is 11.3 Å². The Bertz CT molecular complexity index is 692. The molecule has 4 aliphatic rings. The van der Waals surface area contributed by atoms with Crippen molar-refractivity contribution in [2.75, 3.05) is 0 Å². The van der Waals surface area contributed by atoms with Crippen LogP contribution in [0, 0.1) is 63.6 Å². The summed E-state index contributed by atoms with van der Waals surface area (Å²) in [5.74, 6) is 4.22. The Labute approximate surface area is 191 Å². The fourth-order valence-corrected chi connectivity index (χ4v) is 9.56. The highest BCUT2D eigenvalue weighted by molar-refractivity contribution is 5.13. The predicted molar refractivity (Wildman–Crippen MR) is 125 cm³/mol. The molecule has 1 unspecified atom stereocenters. The molecule has 31 heavy (non-hydrogen) atoms. The quantitative estimate of drug-likeness (QED) is 0.536. The summed E-state index contributed by atoms with van der Waals surface area (Å²) in [6.45, 7) is 11.5. The van der Waals surface area contributed by atoms with E-state index in [1.165, 1.54) is 38.5 Å². The van der Waals surface area contributed by atoms with Gasteiger partial charge < -0.3 is 10.2 Å². The third-order valence-electron chi connectivity index (χ3n) is 11.1. The molecule has 3 nitrogen and oxygen atoms in total. The molecule has 3 heteroatoms. The van der Waals surface area contributed by atoms with Crippen molar-refractivity contribution >= 4 is 0 Å². The summed E-state index contributed by atoms with van der Waals surface area (Å²) in [6, 6.07) is 2.51. The van der Waals surface area contributed by atoms with Crippen LogP contribution in [-0.4, -0.2) is 21.9 Å². The molecule has 10 atom stereocenters. The van der Waals surface area contributed by atoms with E-state index in [2.05, 4.69) is 26.8 Å². The Hall–Kier alpha value is -0.590. The fraction of sp³-hybridized carbons (Fsp3) is 0.964. The molecule has 0 aromatic heterocycles. The van der Waals surface area contributed by atoms with Gasteiger partial charge >= 0.3 is 0 Å². The molecule has 4 fully saturated rings. The van der Waals surface area contributed by atoms with Gasteiger partial charge in [-0.25, -0.2) is 0 Å². The maximum absolute atomic E-state index is 10.5. The second-order valence-electron chi connectivity index (χ2n) is 13.2. The predicted octanol–water partition coefficient (Wildman–Crippen LogP) is 6.33. The van der Waals surface area contributed by atoms with Gasteiger partial charge in [-0.15, -0.1) is 0 Å². The van der Waals surface area contributed by atoms with Crippen molar-refractivity contribution in [2.45, 2.75) is 117 Å². The Kier molecular flexibility index (Phi) is 6.33. The number of aliphatic hydroxyl groups excluding tert-OH is 1. The number of hydrogen-bond acceptors (Lipinski definition) is 3. The molecule has 0 saturated heterocycles. The molecule has 176 valence electrons. The summed E-state index contributed by atoms with van der Waals surface area (Å²) in [6.07, 6.45) is 12.7. The minimum atomic E-state index is -0.539. The average Bonchev–Trinajstić information content (AvgIpc) is 3.04. The average molecular weight is 430 g/mol. The van der Waals surface area contributed by atoms with Crippen LogP contribution in [-0.2, 0) is 0 Å². The van der Waals surface area contributed by atoms with E-state index >= 15 is 0 Å². The molecule has 4 aliphatic carbocycles. The molecule has 0 aromatic carbocycles. The maximum atomic E-state index is 10.5. The van der Waals surface area contributed by atoms with E-state index in [9.17, 15) is 15.5 Å². The maximum Gasteiger partial charge on any atom is 0.0756 e. The van der Waals surface area contributed by atoms with E-state index in [0.717, 1.165) is 61.7 Å². The first-order valence-corrected chi connectivity index (χ1v) is 13.3. The standard InChI is InChI=1S/C28H47NO2/c1-18(7-6-14-26(2,3)31)21-10-11-22-19-8-9-23-20(17-29)25(30)13-16-28(23,5)24(19)12-15-27(21,22)4/h18-25,30-31H,6-16H2,1-5H3/t18-,19+,20?,21-,22+,23+,24+,25+,27-,28+/m1/s1. The molecule has 0 heterocycles. The van der Waals surface area contributed by atoms with Crippen LogP contribution in [0.15, 0.2) is 0 Å². The van der Waals surface area contributed by atoms with Crippen LogP contribution in [0.3, 0.4) is 0 Å². The Morgan fingerprint density at radius 1 is 0.968 bits per heavy atom. The van der Waals surface area contributed by atoms with Crippen LogP contribution >= 0.6 is 0 Å². The number of hydrogen-bond donors (Lipinski definition) is 2. The van der Waals surface area contributed by atoms with Crippen molar-refractivity contribution in [3.05, 3.63) is 0 Å². The molecule has 4 saturated carbocycles. The summed E-state index contributed by atoms with van der Waals surface area (Å²) >= 11 is 0. The molecule has 2 N–H and O–H groups in total. The first-order valence-electron chi connectivity index (χ1n) is 13.3. The molecule has 0 spiro atoms. The third kappa shape index (κ3) is 3.99. The molecule has 4 rings (SSSR count). The monoisotopic (exact) mass is 429 g/mol. The topological polar surface area (TPSA) is 64.2 Å². The molecule has 0 aliphatic heterocycles. The summed E-state index contributed by atoms with van der Waals surface area (Å²) in [7, 11) is 0.